The van der Waals surface area contributed by atoms with Gasteiger partial charge in [0.25, 0.3) is 0 Å². The van der Waals surface area contributed by atoms with Crippen LogP contribution >= 0.6 is 0 Å². The van der Waals surface area contributed by atoms with Gasteiger partial charge in [-0.1, -0.05) is 0 Å². The number of sulfonamides is 1. The maximum absolute atomic E-state index is 13.0. The molecule has 2 heterocycles. The van der Waals surface area contributed by atoms with Crippen molar-refractivity contribution >= 4 is 27.0 Å². The van der Waals surface area contributed by atoms with Crippen LogP contribution in [0.5, 0.6) is 11.5 Å². The number of aryl methyl sites for hydroxylation is 1. The van der Waals surface area contributed by atoms with Gasteiger partial charge >= 0.3 is 5.97 Å². The molecule has 0 N–H and O–H groups in total. The van der Waals surface area contributed by atoms with E-state index in [2.05, 4.69) is 4.98 Å². The van der Waals surface area contributed by atoms with E-state index in [4.69, 9.17) is 18.9 Å². The van der Waals surface area contributed by atoms with Gasteiger partial charge in [0, 0.05) is 19.6 Å². The van der Waals surface area contributed by atoms with Crippen LogP contribution < -0.4 is 9.47 Å². The minimum absolute atomic E-state index is 0.0682. The minimum atomic E-state index is -3.64. The summed E-state index contributed by atoms with van der Waals surface area (Å²) in [6.45, 7) is 3.85. The summed E-state index contributed by atoms with van der Waals surface area (Å²) in [6, 6.07) is 9.65. The van der Waals surface area contributed by atoms with Crippen LogP contribution in [-0.2, 0) is 32.6 Å². The van der Waals surface area contributed by atoms with Crippen molar-refractivity contribution in [1.82, 2.24) is 13.9 Å². The van der Waals surface area contributed by atoms with Crippen molar-refractivity contribution in [3.8, 4) is 11.5 Å². The standard InChI is InChI=1S/C23H27N3O7S/c1-4-26-19-7-6-17(34(28,29)25-9-11-32-12-10-25)14-18(19)24-22(26)15-33-23(27)16-5-8-20(30-2)21(13-16)31-3/h5-8,13-14H,4,9-12,15H2,1-3H3. The van der Waals surface area contributed by atoms with E-state index in [-0.39, 0.29) is 11.5 Å². The fraction of sp³-hybridized carbons (Fsp3) is 0.391. The first kappa shape index (κ1) is 24.0. The molecular formula is C23H27N3O7S. The van der Waals surface area contributed by atoms with E-state index in [9.17, 15) is 13.2 Å². The second kappa shape index (κ2) is 10.00. The maximum Gasteiger partial charge on any atom is 0.338 e. The number of ether oxygens (including phenoxy) is 4. The number of hydrogen-bond donors (Lipinski definition) is 0. The maximum atomic E-state index is 13.0. The molecule has 1 aromatic heterocycles. The number of rotatable bonds is 8. The first-order chi connectivity index (χ1) is 16.4. The van der Waals surface area contributed by atoms with Crippen molar-refractivity contribution in [2.24, 2.45) is 0 Å². The average Bonchev–Trinajstić information content (AvgIpc) is 3.23. The van der Waals surface area contributed by atoms with Crippen LogP contribution in [0.3, 0.4) is 0 Å². The molecule has 3 aromatic rings. The molecule has 10 nitrogen and oxygen atoms in total. The van der Waals surface area contributed by atoms with Crippen molar-refractivity contribution < 1.29 is 32.2 Å². The summed E-state index contributed by atoms with van der Waals surface area (Å²) in [5.41, 5.74) is 1.60. The van der Waals surface area contributed by atoms with Gasteiger partial charge in [-0.15, -0.1) is 0 Å². The SMILES string of the molecule is CCn1c(COC(=O)c2ccc(OC)c(OC)c2)nc2cc(S(=O)(=O)N3CCOCC3)ccc21. The molecule has 0 saturated carbocycles. The number of fused-ring (bicyclic) bond motifs is 1. The van der Waals surface area contributed by atoms with E-state index in [1.807, 2.05) is 11.5 Å². The van der Waals surface area contributed by atoms with E-state index in [1.165, 1.54) is 18.5 Å². The molecule has 0 unspecified atom stereocenters. The molecule has 182 valence electrons. The predicted octanol–water partition coefficient (Wildman–Crippen LogP) is 2.45. The second-order valence-electron chi connectivity index (χ2n) is 7.59. The van der Waals surface area contributed by atoms with Gasteiger partial charge in [-0.25, -0.2) is 18.2 Å². The highest BCUT2D eigenvalue weighted by Gasteiger charge is 2.27. The Morgan fingerprint density at radius 2 is 1.79 bits per heavy atom. The lowest BCUT2D eigenvalue weighted by Crippen LogP contribution is -2.40. The molecule has 4 rings (SSSR count). The summed E-state index contributed by atoms with van der Waals surface area (Å²) in [4.78, 5) is 17.4. The summed E-state index contributed by atoms with van der Waals surface area (Å²) in [5.74, 6) is 0.917. The van der Waals surface area contributed by atoms with Gasteiger partial charge in [-0.2, -0.15) is 4.31 Å². The Bertz CT molecular complexity index is 1300. The van der Waals surface area contributed by atoms with Gasteiger partial charge in [0.1, 0.15) is 12.4 Å². The molecule has 34 heavy (non-hydrogen) atoms. The molecule has 1 aliphatic rings. The van der Waals surface area contributed by atoms with Gasteiger partial charge < -0.3 is 23.5 Å². The molecule has 0 bridgehead atoms. The summed E-state index contributed by atoms with van der Waals surface area (Å²) in [5, 5.41) is 0. The van der Waals surface area contributed by atoms with E-state index in [1.54, 1.807) is 36.4 Å². The van der Waals surface area contributed by atoms with Gasteiger partial charge in [-0.3, -0.25) is 0 Å². The smallest absolute Gasteiger partial charge is 0.338 e. The Balaban J connectivity index is 1.56. The second-order valence-corrected chi connectivity index (χ2v) is 9.52. The Kier molecular flexibility index (Phi) is 7.05. The molecule has 1 saturated heterocycles. The van der Waals surface area contributed by atoms with Crippen molar-refractivity contribution in [2.45, 2.75) is 25.0 Å². The lowest BCUT2D eigenvalue weighted by Gasteiger charge is -2.26. The lowest BCUT2D eigenvalue weighted by atomic mass is 10.2. The first-order valence-corrected chi connectivity index (χ1v) is 12.3. The number of benzene rings is 2. The molecule has 0 radical (unpaired) electrons. The van der Waals surface area contributed by atoms with Crippen LogP contribution in [0.4, 0.5) is 0 Å². The lowest BCUT2D eigenvalue weighted by molar-refractivity contribution is 0.0458. The van der Waals surface area contributed by atoms with Crippen molar-refractivity contribution in [3.05, 3.63) is 47.8 Å². The van der Waals surface area contributed by atoms with Crippen LogP contribution in [-0.4, -0.2) is 68.8 Å². The number of morpholine rings is 1. The third kappa shape index (κ3) is 4.59. The highest BCUT2D eigenvalue weighted by molar-refractivity contribution is 7.89. The molecule has 0 aliphatic carbocycles. The summed E-state index contributed by atoms with van der Waals surface area (Å²) in [6.07, 6.45) is 0. The third-order valence-electron chi connectivity index (χ3n) is 5.67. The minimum Gasteiger partial charge on any atom is -0.493 e. The van der Waals surface area contributed by atoms with E-state index < -0.39 is 16.0 Å². The molecule has 0 spiro atoms. The third-order valence-corrected chi connectivity index (χ3v) is 7.57. The van der Waals surface area contributed by atoms with E-state index in [0.717, 1.165) is 5.52 Å². The fourth-order valence-electron chi connectivity index (χ4n) is 3.90. The normalized spacial score (nSPS) is 14.8. The number of methoxy groups -OCH3 is 2. The number of imidazole rings is 1. The number of carbonyl (C=O) groups excluding carboxylic acids is 1. The highest BCUT2D eigenvalue weighted by Crippen LogP contribution is 2.28. The van der Waals surface area contributed by atoms with Crippen molar-refractivity contribution in [2.75, 3.05) is 40.5 Å². The van der Waals surface area contributed by atoms with Gasteiger partial charge in [0.2, 0.25) is 10.0 Å². The zero-order chi connectivity index (χ0) is 24.3. The molecule has 0 amide bonds. The Morgan fingerprint density at radius 3 is 2.47 bits per heavy atom. The van der Waals surface area contributed by atoms with Crippen LogP contribution in [0.1, 0.15) is 23.1 Å². The number of esters is 1. The molecule has 1 aliphatic heterocycles. The van der Waals surface area contributed by atoms with E-state index >= 15 is 0 Å². The van der Waals surface area contributed by atoms with Gasteiger partial charge in [-0.05, 0) is 43.3 Å². The molecule has 11 heteroatoms. The van der Waals surface area contributed by atoms with Crippen molar-refractivity contribution in [3.63, 3.8) is 0 Å². The van der Waals surface area contributed by atoms with Crippen molar-refractivity contribution in [1.29, 1.82) is 0 Å². The van der Waals surface area contributed by atoms with Crippen LogP contribution in [0.15, 0.2) is 41.3 Å². The Labute approximate surface area is 198 Å². The van der Waals surface area contributed by atoms with Gasteiger partial charge in [0.15, 0.2) is 11.5 Å². The summed E-state index contributed by atoms with van der Waals surface area (Å²) < 4.78 is 50.5. The monoisotopic (exact) mass is 489 g/mol. The largest absolute Gasteiger partial charge is 0.493 e. The molecule has 0 atom stereocenters. The zero-order valence-electron chi connectivity index (χ0n) is 19.3. The van der Waals surface area contributed by atoms with Crippen LogP contribution in [0.2, 0.25) is 0 Å². The highest BCUT2D eigenvalue weighted by atomic mass is 32.2. The van der Waals surface area contributed by atoms with Crippen LogP contribution in [0.25, 0.3) is 11.0 Å². The fourth-order valence-corrected chi connectivity index (χ4v) is 5.32. The van der Waals surface area contributed by atoms with E-state index in [0.29, 0.717) is 61.3 Å². The van der Waals surface area contributed by atoms with Gasteiger partial charge in [0.05, 0.1) is 48.9 Å². The average molecular weight is 490 g/mol. The number of hydrogen-bond acceptors (Lipinski definition) is 8. The topological polar surface area (TPSA) is 109 Å². The number of aromatic nitrogens is 2. The zero-order valence-corrected chi connectivity index (χ0v) is 20.1. The molecule has 2 aromatic carbocycles. The Morgan fingerprint density at radius 1 is 1.06 bits per heavy atom. The molecular weight excluding hydrogens is 462 g/mol. The Hall–Kier alpha value is -3.15. The summed E-state index contributed by atoms with van der Waals surface area (Å²) in [7, 11) is -0.635. The predicted molar refractivity (Wildman–Crippen MR) is 124 cm³/mol. The quantitative estimate of drug-likeness (QED) is 0.444. The van der Waals surface area contributed by atoms with Crippen LogP contribution in [0, 0.1) is 0 Å². The first-order valence-electron chi connectivity index (χ1n) is 10.8. The number of carbonyl (C=O) groups is 1. The molecule has 1 fully saturated rings. The summed E-state index contributed by atoms with van der Waals surface area (Å²) >= 11 is 0. The number of nitrogens with zero attached hydrogens (tertiary/aromatic N) is 3.